The Bertz CT molecular complexity index is 1190. The van der Waals surface area contributed by atoms with Gasteiger partial charge in [-0.15, -0.1) is 0 Å². The van der Waals surface area contributed by atoms with Gasteiger partial charge in [0.1, 0.15) is 11.5 Å². The van der Waals surface area contributed by atoms with Crippen LogP contribution in [0.3, 0.4) is 0 Å². The van der Waals surface area contributed by atoms with Gasteiger partial charge in [0.15, 0.2) is 11.5 Å². The fourth-order valence-electron chi connectivity index (χ4n) is 8.13. The molecule has 11 heteroatoms. The highest BCUT2D eigenvalue weighted by atomic mass is 19.3. The number of halogens is 2. The van der Waals surface area contributed by atoms with Gasteiger partial charge in [-0.25, -0.2) is 18.8 Å². The molecule has 5 aliphatic heterocycles. The number of hydrogen-bond donors (Lipinski definition) is 2. The zero-order valence-corrected chi connectivity index (χ0v) is 24.7. The van der Waals surface area contributed by atoms with Gasteiger partial charge < -0.3 is 20.2 Å². The average molecular weight is 585 g/mol. The van der Waals surface area contributed by atoms with Crippen LogP contribution in [-0.4, -0.2) is 94.0 Å². The Morgan fingerprint density at radius 2 is 1.81 bits per heavy atom. The molecule has 0 bridgehead atoms. The lowest BCUT2D eigenvalue weighted by atomic mass is 9.71. The molecule has 9 nitrogen and oxygen atoms in total. The number of aromatic nitrogens is 2. The third-order valence-corrected chi connectivity index (χ3v) is 10.8. The van der Waals surface area contributed by atoms with Gasteiger partial charge in [0, 0.05) is 25.8 Å². The van der Waals surface area contributed by atoms with Gasteiger partial charge in [0.25, 0.3) is 6.43 Å². The van der Waals surface area contributed by atoms with Crippen molar-refractivity contribution in [1.82, 2.24) is 29.9 Å². The first-order chi connectivity index (χ1) is 20.5. The van der Waals surface area contributed by atoms with E-state index in [1.54, 1.807) is 0 Å². The summed E-state index contributed by atoms with van der Waals surface area (Å²) in [6, 6.07) is 0.161. The highest BCUT2D eigenvalue weighted by molar-refractivity contribution is 5.94. The summed E-state index contributed by atoms with van der Waals surface area (Å²) >= 11 is 0. The minimum Gasteiger partial charge on any atom is -0.391 e. The third-order valence-electron chi connectivity index (χ3n) is 10.8. The number of hydrazine groups is 1. The van der Waals surface area contributed by atoms with Crippen LogP contribution in [0.2, 0.25) is 0 Å². The van der Waals surface area contributed by atoms with E-state index >= 15 is 0 Å². The van der Waals surface area contributed by atoms with Crippen LogP contribution < -0.4 is 10.3 Å². The number of fused-ring (bicyclic) bond motifs is 1. The summed E-state index contributed by atoms with van der Waals surface area (Å²) in [5, 5.41) is 21.8. The quantitative estimate of drug-likeness (QED) is 0.535. The van der Waals surface area contributed by atoms with Crippen LogP contribution in [0.1, 0.15) is 82.4 Å². The lowest BCUT2D eigenvalue weighted by Crippen LogP contribution is -2.46. The molecule has 1 saturated carbocycles. The molecule has 3 saturated heterocycles. The fourth-order valence-corrected chi connectivity index (χ4v) is 8.13. The molecule has 0 amide bonds. The van der Waals surface area contributed by atoms with E-state index in [4.69, 9.17) is 4.99 Å². The van der Waals surface area contributed by atoms with Gasteiger partial charge in [-0.1, -0.05) is 0 Å². The maximum absolute atomic E-state index is 14.3. The summed E-state index contributed by atoms with van der Waals surface area (Å²) in [5.41, 5.74) is 0.880. The number of nitrogens with zero attached hydrogens (tertiary/aromatic N) is 7. The number of hydrogen-bond acceptors (Lipinski definition) is 8. The van der Waals surface area contributed by atoms with E-state index in [2.05, 4.69) is 20.2 Å². The number of rotatable bonds is 5. The van der Waals surface area contributed by atoms with Crippen molar-refractivity contribution in [2.45, 2.75) is 82.8 Å². The average Bonchev–Trinajstić information content (AvgIpc) is 3.64. The van der Waals surface area contributed by atoms with Crippen molar-refractivity contribution in [3.05, 3.63) is 36.1 Å². The zero-order valence-electron chi connectivity index (χ0n) is 24.7. The topological polar surface area (TPSA) is 75.4 Å². The van der Waals surface area contributed by atoms with Crippen LogP contribution >= 0.6 is 0 Å². The van der Waals surface area contributed by atoms with Crippen LogP contribution in [0.15, 0.2) is 35.4 Å². The first-order valence-electron chi connectivity index (χ1n) is 16.2. The van der Waals surface area contributed by atoms with E-state index in [-0.39, 0.29) is 17.8 Å². The monoisotopic (exact) mass is 584 g/mol. The fraction of sp³-hybridized carbons (Fsp3) is 0.742. The highest BCUT2D eigenvalue weighted by Crippen LogP contribution is 2.41. The van der Waals surface area contributed by atoms with E-state index in [0.29, 0.717) is 30.1 Å². The van der Waals surface area contributed by atoms with Crippen LogP contribution in [0.4, 0.5) is 14.5 Å². The molecular formula is C31H46F2N8O. The number of aliphatic imine (C=N–C) groups is 1. The molecule has 1 spiro atoms. The Morgan fingerprint density at radius 1 is 1.02 bits per heavy atom. The number of alkyl halides is 2. The normalized spacial score (nSPS) is 30.2. The Labute approximate surface area is 247 Å². The van der Waals surface area contributed by atoms with Crippen molar-refractivity contribution in [3.63, 3.8) is 0 Å². The molecular weight excluding hydrogens is 538 g/mol. The van der Waals surface area contributed by atoms with Gasteiger partial charge in [0.2, 0.25) is 0 Å². The molecule has 1 atom stereocenters. The van der Waals surface area contributed by atoms with Crippen molar-refractivity contribution >= 4 is 11.5 Å². The van der Waals surface area contributed by atoms with Crippen LogP contribution in [-0.2, 0) is 0 Å². The number of aliphatic hydroxyl groups excluding tert-OH is 1. The molecule has 230 valence electrons. The molecule has 1 aromatic rings. The lowest BCUT2D eigenvalue weighted by Gasteiger charge is -2.45. The number of likely N-dealkylation sites (tertiary alicyclic amines) is 2. The van der Waals surface area contributed by atoms with Gasteiger partial charge >= 0.3 is 0 Å². The van der Waals surface area contributed by atoms with Gasteiger partial charge in [0.05, 0.1) is 24.9 Å². The predicted molar refractivity (Wildman–Crippen MR) is 159 cm³/mol. The molecule has 4 fully saturated rings. The summed E-state index contributed by atoms with van der Waals surface area (Å²) in [6.45, 7) is 7.87. The zero-order chi connectivity index (χ0) is 28.7. The summed E-state index contributed by atoms with van der Waals surface area (Å²) in [6.07, 6.45) is 15.9. The first kappa shape index (κ1) is 28.3. The lowest BCUT2D eigenvalue weighted by molar-refractivity contribution is 0.0591. The number of anilines is 1. The van der Waals surface area contributed by atoms with Crippen molar-refractivity contribution in [1.29, 1.82) is 0 Å². The minimum absolute atomic E-state index is 0.158. The van der Waals surface area contributed by atoms with Crippen molar-refractivity contribution in [2.75, 3.05) is 57.4 Å². The molecule has 2 N–H and O–H groups in total. The highest BCUT2D eigenvalue weighted by Gasteiger charge is 2.37. The summed E-state index contributed by atoms with van der Waals surface area (Å²) < 4.78 is 30.3. The number of piperidine rings is 3. The van der Waals surface area contributed by atoms with E-state index in [1.165, 1.54) is 58.4 Å². The second-order valence-electron chi connectivity index (χ2n) is 13.4. The first-order valence-corrected chi connectivity index (χ1v) is 16.2. The largest absolute Gasteiger partial charge is 0.391 e. The Hall–Kier alpha value is -2.50. The molecule has 42 heavy (non-hydrogen) atoms. The SMILES string of the molecule is O[C@H]1CCCN(C2=NC3=CCN(c4cn(C5CCC(CN6CCC7(CCNCC7)CC6)CC5)nc4C(F)F)N3C=C2)C1. The maximum Gasteiger partial charge on any atom is 0.284 e. The number of nitrogens with one attached hydrogen (secondary N) is 1. The standard InChI is InChI=1S/C31H46F2N8O/c32-30(33)29-26(40-16-8-28-35-27(7-17-41(28)40)38-15-1-2-25(42)21-38)22-39(36-29)24-5-3-23(4-6-24)20-37-18-11-31(12-19-37)9-13-34-14-10-31/h7-8,17,22-25,30,34,42H,1-6,9-16,18-21H2/t23?,24?,25-/m0/s1. The van der Waals surface area contributed by atoms with E-state index < -0.39 is 6.43 Å². The second kappa shape index (κ2) is 11.9. The number of aliphatic hydroxyl groups is 1. The van der Waals surface area contributed by atoms with Gasteiger partial charge in [-0.2, -0.15) is 5.10 Å². The summed E-state index contributed by atoms with van der Waals surface area (Å²) in [4.78, 5) is 9.58. The van der Waals surface area contributed by atoms with Crippen LogP contribution in [0.25, 0.3) is 0 Å². The number of amidine groups is 1. The smallest absolute Gasteiger partial charge is 0.284 e. The third kappa shape index (κ3) is 5.71. The molecule has 6 aliphatic rings. The molecule has 0 unspecified atom stereocenters. The number of β-amino-alcohol motifs (C(OH)–C–C–N with tert-alkyl or cyclic N) is 1. The van der Waals surface area contributed by atoms with Crippen molar-refractivity contribution in [2.24, 2.45) is 16.3 Å². The van der Waals surface area contributed by atoms with Crippen LogP contribution in [0, 0.1) is 11.3 Å². The van der Waals surface area contributed by atoms with Crippen molar-refractivity contribution < 1.29 is 13.9 Å². The Balaban J connectivity index is 0.960. The molecule has 1 aliphatic carbocycles. The van der Waals surface area contributed by atoms with Crippen molar-refractivity contribution in [3.8, 4) is 0 Å². The van der Waals surface area contributed by atoms with Gasteiger partial charge in [-0.05, 0) is 114 Å². The minimum atomic E-state index is -2.65. The molecule has 7 rings (SSSR count). The summed E-state index contributed by atoms with van der Waals surface area (Å²) in [7, 11) is 0. The Morgan fingerprint density at radius 3 is 2.55 bits per heavy atom. The molecule has 0 radical (unpaired) electrons. The predicted octanol–water partition coefficient (Wildman–Crippen LogP) is 4.28. The Kier molecular flexibility index (Phi) is 8.00. The maximum atomic E-state index is 14.3. The molecule has 1 aromatic heterocycles. The molecule has 6 heterocycles. The van der Waals surface area contributed by atoms with Crippen LogP contribution in [0.5, 0.6) is 0 Å². The summed E-state index contributed by atoms with van der Waals surface area (Å²) in [5.74, 6) is 2.23. The van der Waals surface area contributed by atoms with E-state index in [1.807, 2.05) is 39.2 Å². The molecule has 0 aromatic carbocycles. The van der Waals surface area contributed by atoms with E-state index in [9.17, 15) is 13.9 Å². The van der Waals surface area contributed by atoms with Gasteiger partial charge in [-0.3, -0.25) is 9.69 Å². The van der Waals surface area contributed by atoms with E-state index in [0.717, 1.165) is 56.7 Å². The second-order valence-corrected chi connectivity index (χ2v) is 13.4.